The van der Waals surface area contributed by atoms with E-state index in [0.717, 1.165) is 6.54 Å². The van der Waals surface area contributed by atoms with Crippen LogP contribution in [0.2, 0.25) is 5.02 Å². The summed E-state index contributed by atoms with van der Waals surface area (Å²) in [6, 6.07) is 1.66. The summed E-state index contributed by atoms with van der Waals surface area (Å²) < 4.78 is 0. The Morgan fingerprint density at radius 1 is 1.67 bits per heavy atom. The lowest BCUT2D eigenvalue weighted by Crippen LogP contribution is -2.28. The number of rotatable bonds is 3. The maximum absolute atomic E-state index is 11.9. The van der Waals surface area contributed by atoms with E-state index in [1.165, 1.54) is 19.0 Å². The molecule has 1 amide bonds. The summed E-state index contributed by atoms with van der Waals surface area (Å²) in [6.45, 7) is 0.831. The third kappa shape index (κ3) is 2.48. The molecular weight excluding hydrogens is 212 g/mol. The summed E-state index contributed by atoms with van der Waals surface area (Å²) >= 11 is 5.91. The van der Waals surface area contributed by atoms with Crippen LogP contribution in [0.1, 0.15) is 23.2 Å². The Balaban J connectivity index is 2.08. The van der Waals surface area contributed by atoms with Crippen LogP contribution in [0.5, 0.6) is 0 Å². The molecule has 1 heterocycles. The van der Waals surface area contributed by atoms with Crippen LogP contribution in [-0.2, 0) is 0 Å². The Labute approximate surface area is 94.1 Å². The first kappa shape index (κ1) is 10.4. The molecule has 0 radical (unpaired) electrons. The predicted octanol–water partition coefficient (Wildman–Crippen LogP) is 2.22. The van der Waals surface area contributed by atoms with Gasteiger partial charge in [0, 0.05) is 26.0 Å². The molecule has 0 spiro atoms. The van der Waals surface area contributed by atoms with Crippen molar-refractivity contribution in [1.29, 1.82) is 0 Å². The first-order valence-corrected chi connectivity index (χ1v) is 5.41. The molecule has 0 N–H and O–H groups in total. The second-order valence-electron chi connectivity index (χ2n) is 3.98. The minimum absolute atomic E-state index is 0.0192. The first-order chi connectivity index (χ1) is 7.18. The molecular formula is C11H13ClN2O. The van der Waals surface area contributed by atoms with Gasteiger partial charge in [-0.25, -0.2) is 0 Å². The summed E-state index contributed by atoms with van der Waals surface area (Å²) in [5.74, 6) is 0.675. The first-order valence-electron chi connectivity index (χ1n) is 5.03. The molecule has 1 saturated carbocycles. The van der Waals surface area contributed by atoms with E-state index in [2.05, 4.69) is 4.98 Å². The van der Waals surface area contributed by atoms with E-state index in [0.29, 0.717) is 16.5 Å². The highest BCUT2D eigenvalue weighted by molar-refractivity contribution is 6.33. The number of carbonyl (C=O) groups excluding carboxylic acids is 1. The van der Waals surface area contributed by atoms with Gasteiger partial charge in [0.15, 0.2) is 0 Å². The average molecular weight is 225 g/mol. The number of aromatic nitrogens is 1. The molecule has 0 saturated heterocycles. The summed E-state index contributed by atoms with van der Waals surface area (Å²) in [5.41, 5.74) is 0.537. The fourth-order valence-corrected chi connectivity index (χ4v) is 1.73. The molecule has 80 valence electrons. The number of carbonyl (C=O) groups is 1. The van der Waals surface area contributed by atoms with Gasteiger partial charge in [0.1, 0.15) is 0 Å². The number of amides is 1. The predicted molar refractivity (Wildman–Crippen MR) is 58.9 cm³/mol. The van der Waals surface area contributed by atoms with Gasteiger partial charge in [0.25, 0.3) is 5.91 Å². The smallest absolute Gasteiger partial charge is 0.255 e. The largest absolute Gasteiger partial charge is 0.341 e. The van der Waals surface area contributed by atoms with Gasteiger partial charge in [0.2, 0.25) is 0 Å². The molecule has 1 aliphatic rings. The third-order valence-corrected chi connectivity index (χ3v) is 2.88. The Morgan fingerprint density at radius 2 is 2.40 bits per heavy atom. The van der Waals surface area contributed by atoms with E-state index in [4.69, 9.17) is 11.6 Å². The molecule has 0 atom stereocenters. The molecule has 1 fully saturated rings. The molecule has 3 nitrogen and oxygen atoms in total. The highest BCUT2D eigenvalue weighted by atomic mass is 35.5. The lowest BCUT2D eigenvalue weighted by molar-refractivity contribution is 0.0789. The maximum Gasteiger partial charge on any atom is 0.255 e. The molecule has 4 heteroatoms. The summed E-state index contributed by atoms with van der Waals surface area (Å²) in [7, 11) is 1.82. The van der Waals surface area contributed by atoms with E-state index in [1.807, 2.05) is 7.05 Å². The number of halogens is 1. The minimum Gasteiger partial charge on any atom is -0.341 e. The molecule has 1 aliphatic carbocycles. The van der Waals surface area contributed by atoms with Crippen molar-refractivity contribution in [2.75, 3.05) is 13.6 Å². The third-order valence-electron chi connectivity index (χ3n) is 2.58. The van der Waals surface area contributed by atoms with Crippen LogP contribution < -0.4 is 0 Å². The van der Waals surface area contributed by atoms with Gasteiger partial charge in [-0.1, -0.05) is 11.6 Å². The maximum atomic E-state index is 11.9. The number of hydrogen-bond donors (Lipinski definition) is 0. The van der Waals surface area contributed by atoms with E-state index >= 15 is 0 Å². The number of hydrogen-bond acceptors (Lipinski definition) is 2. The zero-order valence-corrected chi connectivity index (χ0v) is 9.37. The standard InChI is InChI=1S/C11H13ClN2O/c1-14(7-8-2-3-8)11(15)9-4-5-13-6-10(9)12/h4-6,8H,2-3,7H2,1H3. The van der Waals surface area contributed by atoms with Gasteiger partial charge < -0.3 is 4.90 Å². The van der Waals surface area contributed by atoms with Crippen molar-refractivity contribution in [2.45, 2.75) is 12.8 Å². The van der Waals surface area contributed by atoms with Crippen molar-refractivity contribution in [2.24, 2.45) is 5.92 Å². The van der Waals surface area contributed by atoms with Crippen molar-refractivity contribution in [3.63, 3.8) is 0 Å². The molecule has 15 heavy (non-hydrogen) atoms. The highest BCUT2D eigenvalue weighted by Gasteiger charge is 2.25. The van der Waals surface area contributed by atoms with Gasteiger partial charge in [-0.2, -0.15) is 0 Å². The molecule has 0 aromatic carbocycles. The average Bonchev–Trinajstić information content (AvgIpc) is 3.01. The Kier molecular flexibility index (Phi) is 2.91. The molecule has 0 bridgehead atoms. The van der Waals surface area contributed by atoms with Gasteiger partial charge in [-0.15, -0.1) is 0 Å². The van der Waals surface area contributed by atoms with Gasteiger partial charge >= 0.3 is 0 Å². The fourth-order valence-electron chi connectivity index (χ4n) is 1.52. The van der Waals surface area contributed by atoms with Crippen LogP contribution in [0.15, 0.2) is 18.5 Å². The molecule has 1 aromatic rings. The second-order valence-corrected chi connectivity index (χ2v) is 4.39. The SMILES string of the molecule is CN(CC1CC1)C(=O)c1ccncc1Cl. The summed E-state index contributed by atoms with van der Waals surface area (Å²) in [5, 5.41) is 0.421. The lowest BCUT2D eigenvalue weighted by Gasteiger charge is -2.17. The summed E-state index contributed by atoms with van der Waals surface area (Å²) in [4.78, 5) is 17.5. The zero-order chi connectivity index (χ0) is 10.8. The molecule has 0 unspecified atom stereocenters. The van der Waals surface area contributed by atoms with Crippen molar-refractivity contribution >= 4 is 17.5 Å². The lowest BCUT2D eigenvalue weighted by atomic mass is 10.2. The number of pyridine rings is 1. The van der Waals surface area contributed by atoms with E-state index in [9.17, 15) is 4.79 Å². The van der Waals surface area contributed by atoms with Crippen molar-refractivity contribution < 1.29 is 4.79 Å². The molecule has 1 aromatic heterocycles. The van der Waals surface area contributed by atoms with Crippen molar-refractivity contribution in [3.8, 4) is 0 Å². The summed E-state index contributed by atoms with van der Waals surface area (Å²) in [6.07, 6.45) is 5.56. The van der Waals surface area contributed by atoms with Gasteiger partial charge in [-0.3, -0.25) is 9.78 Å². The normalized spacial score (nSPS) is 15.1. The Bertz CT molecular complexity index is 377. The van der Waals surface area contributed by atoms with E-state index < -0.39 is 0 Å². The second kappa shape index (κ2) is 4.19. The Hall–Kier alpha value is -1.09. The van der Waals surface area contributed by atoms with Crippen LogP contribution in [-0.4, -0.2) is 29.4 Å². The highest BCUT2D eigenvalue weighted by Crippen LogP contribution is 2.30. The monoisotopic (exact) mass is 224 g/mol. The quantitative estimate of drug-likeness (QED) is 0.789. The van der Waals surface area contributed by atoms with Crippen LogP contribution in [0.3, 0.4) is 0 Å². The van der Waals surface area contributed by atoms with Crippen molar-refractivity contribution in [1.82, 2.24) is 9.88 Å². The van der Waals surface area contributed by atoms with Gasteiger partial charge in [-0.05, 0) is 24.8 Å². The van der Waals surface area contributed by atoms with Crippen LogP contribution in [0, 0.1) is 5.92 Å². The van der Waals surface area contributed by atoms with Crippen LogP contribution in [0.25, 0.3) is 0 Å². The van der Waals surface area contributed by atoms with Crippen molar-refractivity contribution in [3.05, 3.63) is 29.0 Å². The molecule has 2 rings (SSSR count). The van der Waals surface area contributed by atoms with E-state index in [-0.39, 0.29) is 5.91 Å². The zero-order valence-electron chi connectivity index (χ0n) is 8.61. The fraction of sp³-hybridized carbons (Fsp3) is 0.455. The molecule has 0 aliphatic heterocycles. The van der Waals surface area contributed by atoms with Crippen LogP contribution in [0.4, 0.5) is 0 Å². The van der Waals surface area contributed by atoms with Crippen LogP contribution >= 0.6 is 11.6 Å². The Morgan fingerprint density at radius 3 is 3.00 bits per heavy atom. The number of nitrogens with zero attached hydrogens (tertiary/aromatic N) is 2. The minimum atomic E-state index is -0.0192. The topological polar surface area (TPSA) is 33.2 Å². The van der Waals surface area contributed by atoms with E-state index in [1.54, 1.807) is 17.2 Å². The van der Waals surface area contributed by atoms with Gasteiger partial charge in [0.05, 0.1) is 10.6 Å².